The first kappa shape index (κ1) is 11.4. The molecule has 5 heteroatoms. The second-order valence-electron chi connectivity index (χ2n) is 4.98. The second kappa shape index (κ2) is 5.31. The summed E-state index contributed by atoms with van der Waals surface area (Å²) >= 11 is 1.40. The molecule has 2 aliphatic rings. The lowest BCUT2D eigenvalue weighted by Crippen LogP contribution is -2.35. The Balaban J connectivity index is 1.40. The van der Waals surface area contributed by atoms with Crippen molar-refractivity contribution in [1.29, 1.82) is 0 Å². The summed E-state index contributed by atoms with van der Waals surface area (Å²) in [6, 6.07) is 0.638. The van der Waals surface area contributed by atoms with Crippen LogP contribution in [0.4, 0.5) is 0 Å². The third-order valence-electron chi connectivity index (χ3n) is 3.47. The molecule has 17 heavy (non-hydrogen) atoms. The van der Waals surface area contributed by atoms with Crippen molar-refractivity contribution in [2.24, 2.45) is 0 Å². The number of hydrogen-bond acceptors (Lipinski definition) is 5. The van der Waals surface area contributed by atoms with Gasteiger partial charge in [-0.3, -0.25) is 0 Å². The van der Waals surface area contributed by atoms with Gasteiger partial charge in [-0.2, -0.15) is 9.36 Å². The van der Waals surface area contributed by atoms with Crippen LogP contribution in [0.3, 0.4) is 0 Å². The second-order valence-corrected chi connectivity index (χ2v) is 5.69. The molecule has 0 bridgehead atoms. The van der Waals surface area contributed by atoms with E-state index in [4.69, 9.17) is 4.74 Å². The Labute approximate surface area is 106 Å². The highest BCUT2D eigenvalue weighted by Gasteiger charge is 2.28. The molecule has 1 aromatic heterocycles. The van der Waals surface area contributed by atoms with Crippen LogP contribution in [0.25, 0.3) is 0 Å². The van der Waals surface area contributed by atoms with Crippen molar-refractivity contribution in [1.82, 2.24) is 14.7 Å². The Morgan fingerprint density at radius 3 is 3.00 bits per heavy atom. The monoisotopic (exact) mass is 253 g/mol. The van der Waals surface area contributed by atoms with Gasteiger partial charge in [0.1, 0.15) is 5.82 Å². The van der Waals surface area contributed by atoms with E-state index in [2.05, 4.69) is 14.7 Å². The van der Waals surface area contributed by atoms with E-state index in [1.54, 1.807) is 0 Å². The van der Waals surface area contributed by atoms with Crippen LogP contribution in [0.5, 0.6) is 5.19 Å². The van der Waals surface area contributed by atoms with E-state index in [1.165, 1.54) is 43.6 Å². The van der Waals surface area contributed by atoms with Crippen LogP contribution in [0.15, 0.2) is 0 Å². The molecule has 0 amide bonds. The van der Waals surface area contributed by atoms with Crippen molar-refractivity contribution in [3.8, 4) is 5.19 Å². The summed E-state index contributed by atoms with van der Waals surface area (Å²) in [7, 11) is 0. The third kappa shape index (κ3) is 3.16. The fourth-order valence-corrected chi connectivity index (χ4v) is 2.88. The molecule has 2 fully saturated rings. The van der Waals surface area contributed by atoms with Crippen molar-refractivity contribution in [3.05, 3.63) is 5.82 Å². The van der Waals surface area contributed by atoms with Gasteiger partial charge in [0, 0.05) is 23.5 Å². The van der Waals surface area contributed by atoms with E-state index in [0.717, 1.165) is 30.6 Å². The van der Waals surface area contributed by atoms with Crippen LogP contribution in [0.1, 0.15) is 50.3 Å². The predicted molar refractivity (Wildman–Crippen MR) is 67.6 cm³/mol. The zero-order valence-electron chi connectivity index (χ0n) is 10.0. The summed E-state index contributed by atoms with van der Waals surface area (Å²) in [5, 5.41) is 4.28. The smallest absolute Gasteiger partial charge is 0.293 e. The average Bonchev–Trinajstić information content (AvgIpc) is 3.11. The molecular formula is C12H19N3OS. The van der Waals surface area contributed by atoms with Crippen LogP contribution in [-0.2, 0) is 0 Å². The molecule has 1 atom stereocenters. The van der Waals surface area contributed by atoms with E-state index in [1.807, 2.05) is 0 Å². The normalized spacial score (nSPS) is 24.8. The van der Waals surface area contributed by atoms with Gasteiger partial charge in [-0.1, -0.05) is 6.42 Å². The number of hydrogen-bond donors (Lipinski definition) is 1. The fourth-order valence-electron chi connectivity index (χ4n) is 2.25. The Hall–Kier alpha value is -0.680. The molecule has 1 saturated heterocycles. The number of piperidine rings is 1. The average molecular weight is 253 g/mol. The van der Waals surface area contributed by atoms with Crippen LogP contribution in [0.2, 0.25) is 0 Å². The summed E-state index contributed by atoms with van der Waals surface area (Å²) in [5.41, 5.74) is 0. The lowest BCUT2D eigenvalue weighted by Gasteiger charge is -2.22. The minimum absolute atomic E-state index is 0.628. The molecule has 0 spiro atoms. The first-order valence-electron chi connectivity index (χ1n) is 6.61. The number of rotatable bonds is 5. The first-order valence-corrected chi connectivity index (χ1v) is 7.39. The third-order valence-corrected chi connectivity index (χ3v) is 4.11. The Morgan fingerprint density at radius 2 is 2.24 bits per heavy atom. The molecule has 1 aromatic rings. The van der Waals surface area contributed by atoms with Crippen LogP contribution < -0.4 is 10.1 Å². The van der Waals surface area contributed by atoms with Crippen molar-refractivity contribution >= 4 is 11.5 Å². The molecular weight excluding hydrogens is 234 g/mol. The minimum atomic E-state index is 0.628. The zero-order valence-corrected chi connectivity index (χ0v) is 10.8. The van der Waals surface area contributed by atoms with E-state index in [-0.39, 0.29) is 0 Å². The van der Waals surface area contributed by atoms with Crippen LogP contribution in [0, 0.1) is 0 Å². The molecule has 1 aliphatic heterocycles. The first-order chi connectivity index (χ1) is 8.42. The molecule has 3 rings (SSSR count). The van der Waals surface area contributed by atoms with Crippen LogP contribution >= 0.6 is 11.5 Å². The molecule has 94 valence electrons. The maximum atomic E-state index is 5.67. The highest BCUT2D eigenvalue weighted by Crippen LogP contribution is 2.39. The highest BCUT2D eigenvalue weighted by atomic mass is 32.1. The highest BCUT2D eigenvalue weighted by molar-refractivity contribution is 7.07. The maximum absolute atomic E-state index is 5.67. The summed E-state index contributed by atoms with van der Waals surface area (Å²) in [5.74, 6) is 1.63. The van der Waals surface area contributed by atoms with E-state index in [9.17, 15) is 0 Å². The summed E-state index contributed by atoms with van der Waals surface area (Å²) in [6.07, 6.45) is 7.54. The van der Waals surface area contributed by atoms with Gasteiger partial charge in [0.05, 0.1) is 6.61 Å². The number of nitrogens with zero attached hydrogens (tertiary/aromatic N) is 2. The van der Waals surface area contributed by atoms with Gasteiger partial charge in [0.2, 0.25) is 0 Å². The predicted octanol–water partition coefficient (Wildman–Crippen LogP) is 2.33. The zero-order chi connectivity index (χ0) is 11.5. The van der Waals surface area contributed by atoms with Crippen molar-refractivity contribution in [2.75, 3.05) is 13.2 Å². The van der Waals surface area contributed by atoms with Crippen molar-refractivity contribution in [3.63, 3.8) is 0 Å². The largest absolute Gasteiger partial charge is 0.469 e. The maximum Gasteiger partial charge on any atom is 0.293 e. The summed E-state index contributed by atoms with van der Waals surface area (Å²) in [4.78, 5) is 4.42. The molecule has 1 N–H and O–H groups in total. The summed E-state index contributed by atoms with van der Waals surface area (Å²) < 4.78 is 10.0. The molecule has 0 radical (unpaired) electrons. The van der Waals surface area contributed by atoms with Gasteiger partial charge in [0.25, 0.3) is 5.19 Å². The SMILES string of the molecule is C1CCC(CCOc2nc(C3CC3)ns2)NC1. The van der Waals surface area contributed by atoms with Crippen molar-refractivity contribution < 1.29 is 4.74 Å². The lowest BCUT2D eigenvalue weighted by atomic mass is 10.0. The fraction of sp³-hybridized carbons (Fsp3) is 0.833. The van der Waals surface area contributed by atoms with Gasteiger partial charge in [-0.15, -0.1) is 0 Å². The molecule has 2 heterocycles. The van der Waals surface area contributed by atoms with Gasteiger partial charge in [0.15, 0.2) is 0 Å². The topological polar surface area (TPSA) is 47.0 Å². The van der Waals surface area contributed by atoms with Crippen LogP contribution in [-0.4, -0.2) is 28.6 Å². The quantitative estimate of drug-likeness (QED) is 0.875. The van der Waals surface area contributed by atoms with E-state index >= 15 is 0 Å². The molecule has 4 nitrogen and oxygen atoms in total. The Bertz CT molecular complexity index is 358. The Kier molecular flexibility index (Phi) is 3.57. The van der Waals surface area contributed by atoms with Crippen molar-refractivity contribution in [2.45, 2.75) is 50.5 Å². The van der Waals surface area contributed by atoms with E-state index in [0.29, 0.717) is 12.0 Å². The number of aromatic nitrogens is 2. The molecule has 0 aromatic carbocycles. The summed E-state index contributed by atoms with van der Waals surface area (Å²) in [6.45, 7) is 1.92. The molecule has 1 saturated carbocycles. The minimum Gasteiger partial charge on any atom is -0.469 e. The van der Waals surface area contributed by atoms with Gasteiger partial charge in [-0.05, 0) is 38.6 Å². The van der Waals surface area contributed by atoms with E-state index < -0.39 is 0 Å². The van der Waals surface area contributed by atoms with Gasteiger partial charge >= 0.3 is 0 Å². The molecule has 1 aliphatic carbocycles. The van der Waals surface area contributed by atoms with Gasteiger partial charge in [-0.25, -0.2) is 0 Å². The Morgan fingerprint density at radius 1 is 1.29 bits per heavy atom. The van der Waals surface area contributed by atoms with Gasteiger partial charge < -0.3 is 10.1 Å². The lowest BCUT2D eigenvalue weighted by molar-refractivity contribution is 0.267. The number of nitrogens with one attached hydrogen (secondary N) is 1. The standard InChI is InChI=1S/C12H19N3OS/c1-2-7-13-10(3-1)6-8-16-12-14-11(15-17-12)9-4-5-9/h9-10,13H,1-8H2. The molecule has 1 unspecified atom stereocenters. The number of ether oxygens (including phenoxy) is 1.